The molecule has 1 unspecified atom stereocenters. The SMILES string of the molecule is CC1(C)NC(=O)N(Cc2cc3c(-c4cc(Cl)cc5ccn(CC6CN(C(=O)O)CCO6)c45)ncnn3c2)C1=O. The number of amides is 4. The Hall–Kier alpha value is -4.16. The number of carbonyl (C=O) groups excluding carboxylic acids is 2. The lowest BCUT2D eigenvalue weighted by atomic mass is 10.1. The molecule has 4 amide bonds. The molecule has 4 aromatic rings. The van der Waals surface area contributed by atoms with Crippen molar-refractivity contribution in [3.63, 3.8) is 0 Å². The van der Waals surface area contributed by atoms with Gasteiger partial charge in [-0.05, 0) is 43.7 Å². The quantitative estimate of drug-likeness (QED) is 0.364. The highest BCUT2D eigenvalue weighted by Gasteiger charge is 2.44. The molecule has 6 rings (SSSR count). The maximum atomic E-state index is 12.7. The average molecular weight is 552 g/mol. The molecule has 1 aromatic carbocycles. The van der Waals surface area contributed by atoms with Crippen molar-refractivity contribution in [1.29, 1.82) is 0 Å². The molecule has 39 heavy (non-hydrogen) atoms. The molecule has 0 radical (unpaired) electrons. The van der Waals surface area contributed by atoms with E-state index in [9.17, 15) is 19.5 Å². The van der Waals surface area contributed by atoms with E-state index < -0.39 is 17.7 Å². The summed E-state index contributed by atoms with van der Waals surface area (Å²) in [6.07, 6.45) is 3.86. The van der Waals surface area contributed by atoms with Crippen LogP contribution < -0.4 is 5.32 Å². The third kappa shape index (κ3) is 4.45. The maximum Gasteiger partial charge on any atom is 0.407 e. The number of halogens is 1. The Kier molecular flexibility index (Phi) is 5.96. The molecule has 1 atom stereocenters. The predicted octanol–water partition coefficient (Wildman–Crippen LogP) is 3.21. The lowest BCUT2D eigenvalue weighted by Crippen LogP contribution is -2.46. The number of aromatic nitrogens is 4. The summed E-state index contributed by atoms with van der Waals surface area (Å²) in [6.45, 7) is 4.83. The molecular weight excluding hydrogens is 526 g/mol. The highest BCUT2D eigenvalue weighted by Crippen LogP contribution is 2.35. The second-order valence-corrected chi connectivity index (χ2v) is 10.8. The number of nitrogens with zero attached hydrogens (tertiary/aromatic N) is 6. The molecular formula is C26H26ClN7O5. The number of ether oxygens (including phenoxy) is 1. The van der Waals surface area contributed by atoms with E-state index in [1.807, 2.05) is 35.0 Å². The van der Waals surface area contributed by atoms with Crippen molar-refractivity contribution in [3.05, 3.63) is 53.6 Å². The Bertz CT molecular complexity index is 1640. The first-order valence-electron chi connectivity index (χ1n) is 12.5. The van der Waals surface area contributed by atoms with E-state index in [1.54, 1.807) is 24.6 Å². The van der Waals surface area contributed by atoms with Gasteiger partial charge in [0, 0.05) is 34.9 Å². The number of hydrogen-bond acceptors (Lipinski definition) is 6. The number of urea groups is 1. The van der Waals surface area contributed by atoms with Crippen LogP contribution in [0.15, 0.2) is 43.0 Å². The number of carboxylic acid groups (broad SMARTS) is 1. The van der Waals surface area contributed by atoms with E-state index in [2.05, 4.69) is 15.4 Å². The van der Waals surface area contributed by atoms with Crippen LogP contribution in [-0.2, 0) is 22.6 Å². The predicted molar refractivity (Wildman–Crippen MR) is 141 cm³/mol. The van der Waals surface area contributed by atoms with Crippen LogP contribution in [0, 0.1) is 0 Å². The Morgan fingerprint density at radius 1 is 1.28 bits per heavy atom. The van der Waals surface area contributed by atoms with Crippen molar-refractivity contribution in [3.8, 4) is 11.3 Å². The van der Waals surface area contributed by atoms with Crippen molar-refractivity contribution in [2.75, 3.05) is 19.7 Å². The largest absolute Gasteiger partial charge is 0.465 e. The van der Waals surface area contributed by atoms with Gasteiger partial charge in [0.15, 0.2) is 0 Å². The van der Waals surface area contributed by atoms with E-state index in [-0.39, 0.29) is 25.1 Å². The number of rotatable bonds is 5. The molecule has 0 saturated carbocycles. The van der Waals surface area contributed by atoms with E-state index in [0.717, 1.165) is 22.0 Å². The first kappa shape index (κ1) is 25.1. The molecule has 0 spiro atoms. The second-order valence-electron chi connectivity index (χ2n) is 10.3. The zero-order valence-electron chi connectivity index (χ0n) is 21.3. The van der Waals surface area contributed by atoms with Crippen LogP contribution in [0.1, 0.15) is 19.4 Å². The lowest BCUT2D eigenvalue weighted by Gasteiger charge is -2.31. The summed E-state index contributed by atoms with van der Waals surface area (Å²) in [5.41, 5.74) is 2.70. The Morgan fingerprint density at radius 3 is 2.85 bits per heavy atom. The number of imide groups is 1. The molecule has 13 heteroatoms. The Labute approximate surface area is 227 Å². The van der Waals surface area contributed by atoms with Crippen LogP contribution in [-0.4, -0.2) is 83.4 Å². The van der Waals surface area contributed by atoms with Gasteiger partial charge in [-0.2, -0.15) is 5.10 Å². The Morgan fingerprint density at radius 2 is 2.10 bits per heavy atom. The number of morpholine rings is 1. The minimum Gasteiger partial charge on any atom is -0.465 e. The molecule has 12 nitrogen and oxygen atoms in total. The van der Waals surface area contributed by atoms with E-state index >= 15 is 0 Å². The summed E-state index contributed by atoms with van der Waals surface area (Å²) in [5, 5.41) is 17.9. The topological polar surface area (TPSA) is 134 Å². The second kappa shape index (κ2) is 9.24. The molecule has 5 heterocycles. The standard InChI is InChI=1S/C26H26ClN7O5/c1-26(2)23(35)33(24(36)30-26)10-15-7-20-21(28-14-29-34(20)11-15)19-9-17(27)8-16-3-4-31(22(16)19)12-18-13-32(25(37)38)5-6-39-18/h3-4,7-9,11,14,18H,5-6,10,12-13H2,1-2H3,(H,30,36)(H,37,38). The molecule has 2 fully saturated rings. The summed E-state index contributed by atoms with van der Waals surface area (Å²) >= 11 is 6.51. The fourth-order valence-electron chi connectivity index (χ4n) is 5.29. The van der Waals surface area contributed by atoms with Crippen LogP contribution >= 0.6 is 11.6 Å². The minimum atomic E-state index is -0.961. The van der Waals surface area contributed by atoms with Gasteiger partial charge in [0.1, 0.15) is 11.9 Å². The van der Waals surface area contributed by atoms with Gasteiger partial charge in [-0.25, -0.2) is 19.1 Å². The first-order valence-corrected chi connectivity index (χ1v) is 12.8. The Balaban J connectivity index is 1.38. The van der Waals surface area contributed by atoms with Gasteiger partial charge < -0.3 is 24.6 Å². The summed E-state index contributed by atoms with van der Waals surface area (Å²) in [6, 6.07) is 7.07. The molecule has 2 aliphatic rings. The fraction of sp³-hybridized carbons (Fsp3) is 0.346. The average Bonchev–Trinajstić information content (AvgIpc) is 3.54. The van der Waals surface area contributed by atoms with E-state index in [0.29, 0.717) is 35.9 Å². The van der Waals surface area contributed by atoms with Gasteiger partial charge in [-0.1, -0.05) is 11.6 Å². The monoisotopic (exact) mass is 551 g/mol. The van der Waals surface area contributed by atoms with Crippen molar-refractivity contribution >= 4 is 46.1 Å². The van der Waals surface area contributed by atoms with Gasteiger partial charge in [-0.15, -0.1) is 0 Å². The van der Waals surface area contributed by atoms with Crippen molar-refractivity contribution < 1.29 is 24.2 Å². The molecule has 2 N–H and O–H groups in total. The fourth-order valence-corrected chi connectivity index (χ4v) is 5.52. The molecule has 3 aromatic heterocycles. The number of carbonyl (C=O) groups is 3. The normalized spacial score (nSPS) is 19.3. The van der Waals surface area contributed by atoms with Crippen LogP contribution in [0.3, 0.4) is 0 Å². The number of nitrogens with one attached hydrogen (secondary N) is 1. The van der Waals surface area contributed by atoms with E-state index in [1.165, 1.54) is 16.1 Å². The smallest absolute Gasteiger partial charge is 0.407 e. The summed E-state index contributed by atoms with van der Waals surface area (Å²) in [7, 11) is 0. The minimum absolute atomic E-state index is 0.0946. The maximum absolute atomic E-state index is 12.7. The molecule has 2 aliphatic heterocycles. The first-order chi connectivity index (χ1) is 18.6. The third-order valence-corrected chi connectivity index (χ3v) is 7.36. The number of fused-ring (bicyclic) bond motifs is 2. The molecule has 2 saturated heterocycles. The van der Waals surface area contributed by atoms with Gasteiger partial charge in [-0.3, -0.25) is 9.69 Å². The molecule has 0 bridgehead atoms. The highest BCUT2D eigenvalue weighted by atomic mass is 35.5. The summed E-state index contributed by atoms with van der Waals surface area (Å²) in [4.78, 5) is 43.7. The summed E-state index contributed by atoms with van der Waals surface area (Å²) < 4.78 is 9.56. The lowest BCUT2D eigenvalue weighted by molar-refractivity contribution is -0.130. The highest BCUT2D eigenvalue weighted by molar-refractivity contribution is 6.32. The van der Waals surface area contributed by atoms with Gasteiger partial charge in [0.25, 0.3) is 5.91 Å². The van der Waals surface area contributed by atoms with Crippen molar-refractivity contribution in [2.24, 2.45) is 0 Å². The van der Waals surface area contributed by atoms with Crippen molar-refractivity contribution in [1.82, 2.24) is 34.3 Å². The molecule has 0 aliphatic carbocycles. The van der Waals surface area contributed by atoms with Crippen LogP contribution in [0.25, 0.3) is 27.7 Å². The third-order valence-electron chi connectivity index (χ3n) is 7.14. The van der Waals surface area contributed by atoms with Crippen molar-refractivity contribution in [2.45, 2.75) is 38.6 Å². The zero-order valence-corrected chi connectivity index (χ0v) is 22.1. The molecule has 202 valence electrons. The van der Waals surface area contributed by atoms with Gasteiger partial charge in [0.05, 0.1) is 49.1 Å². The van der Waals surface area contributed by atoms with E-state index in [4.69, 9.17) is 16.3 Å². The zero-order chi connectivity index (χ0) is 27.5. The number of benzene rings is 1. The van der Waals surface area contributed by atoms with Crippen LogP contribution in [0.5, 0.6) is 0 Å². The summed E-state index contributed by atoms with van der Waals surface area (Å²) in [5.74, 6) is -0.296. The van der Waals surface area contributed by atoms with Crippen LogP contribution in [0.4, 0.5) is 9.59 Å². The van der Waals surface area contributed by atoms with Crippen LogP contribution in [0.2, 0.25) is 5.02 Å². The van der Waals surface area contributed by atoms with Gasteiger partial charge >= 0.3 is 12.1 Å². The van der Waals surface area contributed by atoms with Gasteiger partial charge in [0.2, 0.25) is 0 Å². The number of hydrogen-bond donors (Lipinski definition) is 2.